The minimum atomic E-state index is -1.13. The lowest BCUT2D eigenvalue weighted by molar-refractivity contribution is 0.0891. The molecule has 0 aliphatic carbocycles. The van der Waals surface area contributed by atoms with Crippen molar-refractivity contribution in [3.63, 3.8) is 0 Å². The number of aromatic nitrogens is 2. The van der Waals surface area contributed by atoms with Gasteiger partial charge in [-0.3, -0.25) is 14.6 Å². The molecule has 0 aromatic carbocycles. The molecular formula is C12H17FN2O3. The molecule has 0 fully saturated rings. The summed E-state index contributed by atoms with van der Waals surface area (Å²) in [6.45, 7) is 2.09. The summed E-state index contributed by atoms with van der Waals surface area (Å²) in [5.41, 5.74) is -1.99. The van der Waals surface area contributed by atoms with Gasteiger partial charge in [0.15, 0.2) is 0 Å². The summed E-state index contributed by atoms with van der Waals surface area (Å²) in [6, 6.07) is 0. The zero-order chi connectivity index (χ0) is 13.5. The van der Waals surface area contributed by atoms with Crippen molar-refractivity contribution in [1.82, 2.24) is 9.55 Å². The van der Waals surface area contributed by atoms with E-state index < -0.39 is 23.0 Å². The van der Waals surface area contributed by atoms with E-state index in [1.807, 2.05) is 0 Å². The Labute approximate surface area is 104 Å². The van der Waals surface area contributed by atoms with Crippen molar-refractivity contribution in [2.24, 2.45) is 0 Å². The zero-order valence-electron chi connectivity index (χ0n) is 10.4. The van der Waals surface area contributed by atoms with Gasteiger partial charge in [-0.15, -0.1) is 0 Å². The van der Waals surface area contributed by atoms with Gasteiger partial charge < -0.3 is 0 Å². The van der Waals surface area contributed by atoms with E-state index in [0.29, 0.717) is 17.2 Å². The molecule has 0 saturated heterocycles. The third kappa shape index (κ3) is 3.94. The molecule has 0 saturated carbocycles. The third-order valence-corrected chi connectivity index (χ3v) is 2.66. The van der Waals surface area contributed by atoms with Crippen molar-refractivity contribution in [2.45, 2.75) is 45.4 Å². The van der Waals surface area contributed by atoms with Gasteiger partial charge in [0.2, 0.25) is 11.7 Å². The second-order valence-corrected chi connectivity index (χ2v) is 4.16. The number of halogens is 1. The first-order valence-corrected chi connectivity index (χ1v) is 6.11. The Morgan fingerprint density at radius 2 is 1.94 bits per heavy atom. The number of unbranched alkanes of at least 4 members (excludes halogenated alkanes) is 4. The van der Waals surface area contributed by atoms with Gasteiger partial charge in [-0.2, -0.15) is 4.39 Å². The second kappa shape index (κ2) is 6.88. The molecule has 6 heteroatoms. The van der Waals surface area contributed by atoms with Gasteiger partial charge in [-0.05, 0) is 6.42 Å². The Hall–Kier alpha value is -1.72. The highest BCUT2D eigenvalue weighted by Gasteiger charge is 2.10. The molecule has 0 radical (unpaired) electrons. The van der Waals surface area contributed by atoms with Crippen LogP contribution in [0.1, 0.15) is 50.2 Å². The van der Waals surface area contributed by atoms with Gasteiger partial charge >= 0.3 is 5.69 Å². The molecule has 0 spiro atoms. The number of carbonyl (C=O) groups is 1. The van der Waals surface area contributed by atoms with Crippen molar-refractivity contribution in [2.75, 3.05) is 0 Å². The van der Waals surface area contributed by atoms with Crippen molar-refractivity contribution in [1.29, 1.82) is 0 Å². The van der Waals surface area contributed by atoms with Crippen LogP contribution in [0.25, 0.3) is 0 Å². The molecule has 1 rings (SSSR count). The quantitative estimate of drug-likeness (QED) is 0.787. The molecule has 5 nitrogen and oxygen atoms in total. The van der Waals surface area contributed by atoms with Gasteiger partial charge in [-0.1, -0.05) is 32.6 Å². The highest BCUT2D eigenvalue weighted by molar-refractivity contribution is 5.78. The van der Waals surface area contributed by atoms with Crippen LogP contribution >= 0.6 is 0 Å². The van der Waals surface area contributed by atoms with Crippen LogP contribution in [0.2, 0.25) is 0 Å². The first-order valence-electron chi connectivity index (χ1n) is 6.11. The van der Waals surface area contributed by atoms with E-state index >= 15 is 0 Å². The maximum absolute atomic E-state index is 13.0. The predicted molar refractivity (Wildman–Crippen MR) is 65.3 cm³/mol. The third-order valence-electron chi connectivity index (χ3n) is 2.66. The van der Waals surface area contributed by atoms with Crippen LogP contribution in [0.3, 0.4) is 0 Å². The molecule has 0 unspecified atom stereocenters. The zero-order valence-corrected chi connectivity index (χ0v) is 10.4. The van der Waals surface area contributed by atoms with Crippen LogP contribution in [0.5, 0.6) is 0 Å². The lowest BCUT2D eigenvalue weighted by Crippen LogP contribution is -2.34. The first kappa shape index (κ1) is 14.3. The number of hydrogen-bond acceptors (Lipinski definition) is 3. The lowest BCUT2D eigenvalue weighted by Gasteiger charge is -2.03. The molecule has 1 aromatic heterocycles. The fourth-order valence-corrected chi connectivity index (χ4v) is 1.63. The molecular weight excluding hydrogens is 239 g/mol. The Balaban J connectivity index is 2.60. The Morgan fingerprint density at radius 3 is 2.61 bits per heavy atom. The Bertz CT molecular complexity index is 519. The number of H-pyrrole nitrogens is 1. The number of hydrogen-bond donors (Lipinski definition) is 1. The van der Waals surface area contributed by atoms with Gasteiger partial charge in [0.05, 0.1) is 6.20 Å². The summed E-state index contributed by atoms with van der Waals surface area (Å²) < 4.78 is 13.6. The normalized spacial score (nSPS) is 10.6. The standard InChI is InChI=1S/C12H17FN2O3/c1-2-3-4-5-6-7-10(16)15-8-9(13)11(17)14-12(15)18/h8H,2-7H2,1H3,(H,14,17,18). The van der Waals surface area contributed by atoms with E-state index in [1.165, 1.54) is 0 Å². The summed E-state index contributed by atoms with van der Waals surface area (Å²) in [7, 11) is 0. The predicted octanol–water partition coefficient (Wildman–Crippen LogP) is 1.68. The average molecular weight is 256 g/mol. The largest absolute Gasteiger partial charge is 0.335 e. The fraction of sp³-hybridized carbons (Fsp3) is 0.583. The number of rotatable bonds is 6. The van der Waals surface area contributed by atoms with E-state index in [2.05, 4.69) is 6.92 Å². The van der Waals surface area contributed by atoms with Gasteiger partial charge in [0.25, 0.3) is 5.56 Å². The van der Waals surface area contributed by atoms with Crippen LogP contribution in [0.15, 0.2) is 15.8 Å². The summed E-state index contributed by atoms with van der Waals surface area (Å²) in [4.78, 5) is 35.5. The second-order valence-electron chi connectivity index (χ2n) is 4.16. The minimum Gasteiger partial charge on any atom is -0.274 e. The summed E-state index contributed by atoms with van der Waals surface area (Å²) in [6.07, 6.45) is 5.65. The van der Waals surface area contributed by atoms with Crippen molar-refractivity contribution < 1.29 is 9.18 Å². The van der Waals surface area contributed by atoms with E-state index in [-0.39, 0.29) is 6.42 Å². The van der Waals surface area contributed by atoms with E-state index in [1.54, 1.807) is 4.98 Å². The monoisotopic (exact) mass is 256 g/mol. The number of carbonyl (C=O) groups excluding carboxylic acids is 1. The summed E-state index contributed by atoms with van der Waals surface area (Å²) in [5.74, 6) is -1.62. The number of nitrogens with one attached hydrogen (secondary N) is 1. The molecule has 1 N–H and O–H groups in total. The maximum Gasteiger partial charge on any atom is 0.335 e. The van der Waals surface area contributed by atoms with Crippen molar-refractivity contribution in [3.8, 4) is 0 Å². The van der Waals surface area contributed by atoms with Crippen LogP contribution in [0, 0.1) is 5.82 Å². The Kier molecular flexibility index (Phi) is 5.48. The highest BCUT2D eigenvalue weighted by Crippen LogP contribution is 2.05. The molecule has 0 aliphatic rings. The minimum absolute atomic E-state index is 0.176. The van der Waals surface area contributed by atoms with Gasteiger partial charge in [-0.25, -0.2) is 9.36 Å². The molecule has 1 heterocycles. The van der Waals surface area contributed by atoms with Crippen molar-refractivity contribution in [3.05, 3.63) is 32.9 Å². The van der Waals surface area contributed by atoms with Crippen LogP contribution in [-0.4, -0.2) is 15.5 Å². The molecule has 1 aromatic rings. The topological polar surface area (TPSA) is 71.9 Å². The van der Waals surface area contributed by atoms with Crippen molar-refractivity contribution >= 4 is 5.91 Å². The summed E-state index contributed by atoms with van der Waals surface area (Å²) >= 11 is 0. The molecule has 0 bridgehead atoms. The van der Waals surface area contributed by atoms with E-state index in [9.17, 15) is 18.8 Å². The van der Waals surface area contributed by atoms with Gasteiger partial charge in [0, 0.05) is 6.42 Å². The van der Waals surface area contributed by atoms with Crippen LogP contribution in [0.4, 0.5) is 4.39 Å². The highest BCUT2D eigenvalue weighted by atomic mass is 19.1. The van der Waals surface area contributed by atoms with E-state index in [4.69, 9.17) is 0 Å². The van der Waals surface area contributed by atoms with E-state index in [0.717, 1.165) is 25.7 Å². The Morgan fingerprint density at radius 1 is 1.28 bits per heavy atom. The smallest absolute Gasteiger partial charge is 0.274 e. The molecule has 0 amide bonds. The number of aromatic amines is 1. The fourth-order valence-electron chi connectivity index (χ4n) is 1.63. The lowest BCUT2D eigenvalue weighted by atomic mass is 10.1. The van der Waals surface area contributed by atoms with Crippen LogP contribution in [-0.2, 0) is 0 Å². The first-order chi connectivity index (χ1) is 8.56. The maximum atomic E-state index is 13.0. The molecule has 0 aliphatic heterocycles. The number of nitrogens with zero attached hydrogens (tertiary/aromatic N) is 1. The molecule has 0 atom stereocenters. The average Bonchev–Trinajstić information content (AvgIpc) is 2.33. The molecule has 100 valence electrons. The SMILES string of the molecule is CCCCCCCC(=O)n1cc(F)c(=O)[nH]c1=O. The van der Waals surface area contributed by atoms with Gasteiger partial charge in [0.1, 0.15) is 0 Å². The summed E-state index contributed by atoms with van der Waals surface area (Å²) in [5, 5.41) is 0. The van der Waals surface area contributed by atoms with Crippen LogP contribution < -0.4 is 11.2 Å². The molecule has 18 heavy (non-hydrogen) atoms.